The molecule has 3 heterocycles. The first-order chi connectivity index (χ1) is 14.8. The number of nitrogens with zero attached hydrogens (tertiary/aromatic N) is 4. The van der Waals surface area contributed by atoms with Crippen molar-refractivity contribution in [3.05, 3.63) is 35.1 Å². The van der Waals surface area contributed by atoms with Crippen molar-refractivity contribution in [1.29, 1.82) is 0 Å². The van der Waals surface area contributed by atoms with E-state index in [2.05, 4.69) is 25.2 Å². The predicted octanol–water partition coefficient (Wildman–Crippen LogP) is 4.33. The van der Waals surface area contributed by atoms with Crippen LogP contribution in [0.4, 0.5) is 24.0 Å². The number of nitrogens with one attached hydrogen (secondary N) is 1. The number of carbonyl (C=O) groups excluding carboxylic acids is 1. The summed E-state index contributed by atoms with van der Waals surface area (Å²) in [5.74, 6) is -0.570. The first-order valence-electron chi connectivity index (χ1n) is 9.05. The lowest BCUT2D eigenvalue weighted by atomic mass is 10.2. The van der Waals surface area contributed by atoms with Crippen molar-refractivity contribution in [2.75, 3.05) is 42.3 Å². The molecular weight excluding hydrogens is 475 g/mol. The number of rotatable bonds is 5. The lowest BCUT2D eigenvalue weighted by molar-refractivity contribution is -0.137. The molecule has 3 aromatic rings. The molecule has 0 aliphatic carbocycles. The summed E-state index contributed by atoms with van der Waals surface area (Å²) in [6, 6.07) is 2.78. The number of fused-ring (bicyclic) bond motifs is 1. The third kappa shape index (κ3) is 5.20. The van der Waals surface area contributed by atoms with Gasteiger partial charge >= 0.3 is 6.18 Å². The van der Waals surface area contributed by atoms with Crippen molar-refractivity contribution >= 4 is 61.8 Å². The van der Waals surface area contributed by atoms with Gasteiger partial charge in [0.2, 0.25) is 5.91 Å². The Kier molecular flexibility index (Phi) is 6.51. The van der Waals surface area contributed by atoms with Crippen LogP contribution >= 0.6 is 34.7 Å². The molecular formula is C18H15ClF3N5O2S2. The number of aromatic nitrogens is 3. The highest BCUT2D eigenvalue weighted by Crippen LogP contribution is 2.35. The summed E-state index contributed by atoms with van der Waals surface area (Å²) in [7, 11) is 0. The third-order valence-electron chi connectivity index (χ3n) is 4.34. The van der Waals surface area contributed by atoms with E-state index in [0.29, 0.717) is 23.9 Å². The molecule has 0 saturated carbocycles. The van der Waals surface area contributed by atoms with Crippen LogP contribution in [0, 0.1) is 0 Å². The number of morpholine rings is 1. The van der Waals surface area contributed by atoms with Gasteiger partial charge in [0, 0.05) is 13.1 Å². The number of halogens is 4. The molecule has 1 saturated heterocycles. The molecule has 1 aliphatic rings. The number of hydrogen-bond donors (Lipinski definition) is 1. The molecule has 0 radical (unpaired) electrons. The van der Waals surface area contributed by atoms with Gasteiger partial charge < -0.3 is 15.0 Å². The minimum atomic E-state index is -4.53. The summed E-state index contributed by atoms with van der Waals surface area (Å²) in [5.41, 5.74) is -0.453. The molecule has 1 fully saturated rings. The summed E-state index contributed by atoms with van der Waals surface area (Å²) >= 11 is 8.51. The number of alkyl halides is 3. The molecule has 7 nitrogen and oxygen atoms in total. The van der Waals surface area contributed by atoms with E-state index >= 15 is 0 Å². The van der Waals surface area contributed by atoms with E-state index in [4.69, 9.17) is 16.3 Å². The number of anilines is 2. The Hall–Kier alpha value is -2.15. The zero-order valence-electron chi connectivity index (χ0n) is 15.8. The Morgan fingerprint density at radius 3 is 2.81 bits per heavy atom. The highest BCUT2D eigenvalue weighted by molar-refractivity contribution is 8.00. The van der Waals surface area contributed by atoms with E-state index in [1.165, 1.54) is 17.7 Å². The van der Waals surface area contributed by atoms with Crippen LogP contribution in [0.3, 0.4) is 0 Å². The van der Waals surface area contributed by atoms with Gasteiger partial charge in [-0.15, -0.1) is 0 Å². The van der Waals surface area contributed by atoms with Gasteiger partial charge in [-0.2, -0.15) is 18.2 Å². The number of thiazole rings is 1. The molecule has 4 rings (SSSR count). The SMILES string of the molecule is O=C(CSc1ncnc2nc(N3CCOCC3)sc12)Nc1cc(C(F)(F)F)ccc1Cl. The molecule has 1 aromatic carbocycles. The van der Waals surface area contributed by atoms with Gasteiger partial charge in [-0.3, -0.25) is 4.79 Å². The fourth-order valence-electron chi connectivity index (χ4n) is 2.83. The monoisotopic (exact) mass is 489 g/mol. The maximum absolute atomic E-state index is 12.9. The Labute approximate surface area is 188 Å². The van der Waals surface area contributed by atoms with Crippen LogP contribution in [0.15, 0.2) is 29.6 Å². The zero-order valence-corrected chi connectivity index (χ0v) is 18.2. The van der Waals surface area contributed by atoms with Gasteiger partial charge in [-0.25, -0.2) is 9.97 Å². The molecule has 0 unspecified atom stereocenters. The Morgan fingerprint density at radius 1 is 1.29 bits per heavy atom. The lowest BCUT2D eigenvalue weighted by Gasteiger charge is -2.25. The molecule has 1 aliphatic heterocycles. The van der Waals surface area contributed by atoms with E-state index in [1.807, 2.05) is 0 Å². The van der Waals surface area contributed by atoms with Crippen LogP contribution in [0.25, 0.3) is 10.3 Å². The second-order valence-corrected chi connectivity index (χ2v) is 8.81. The van der Waals surface area contributed by atoms with Crippen molar-refractivity contribution in [1.82, 2.24) is 15.0 Å². The van der Waals surface area contributed by atoms with Crippen LogP contribution in [0.5, 0.6) is 0 Å². The van der Waals surface area contributed by atoms with Gasteiger partial charge in [0.05, 0.1) is 35.2 Å². The maximum Gasteiger partial charge on any atom is 0.416 e. The largest absolute Gasteiger partial charge is 0.416 e. The number of hydrogen-bond acceptors (Lipinski definition) is 8. The third-order valence-corrected chi connectivity index (χ3v) is 6.90. The van der Waals surface area contributed by atoms with Crippen LogP contribution in [0.1, 0.15) is 5.56 Å². The van der Waals surface area contributed by atoms with Gasteiger partial charge in [0.25, 0.3) is 0 Å². The summed E-state index contributed by atoms with van der Waals surface area (Å²) in [5, 5.41) is 3.83. The van der Waals surface area contributed by atoms with E-state index in [-0.39, 0.29) is 16.5 Å². The quantitative estimate of drug-likeness (QED) is 0.422. The van der Waals surface area contributed by atoms with Crippen LogP contribution in [-0.2, 0) is 15.7 Å². The minimum Gasteiger partial charge on any atom is -0.378 e. The topological polar surface area (TPSA) is 80.2 Å². The minimum absolute atomic E-state index is 0.0217. The van der Waals surface area contributed by atoms with Gasteiger partial charge in [0.1, 0.15) is 16.1 Å². The van der Waals surface area contributed by atoms with Crippen molar-refractivity contribution in [3.63, 3.8) is 0 Å². The van der Waals surface area contributed by atoms with Gasteiger partial charge in [-0.1, -0.05) is 34.7 Å². The lowest BCUT2D eigenvalue weighted by Crippen LogP contribution is -2.36. The number of ether oxygens (including phenoxy) is 1. The maximum atomic E-state index is 12.9. The summed E-state index contributed by atoms with van der Waals surface area (Å²) < 4.78 is 44.8. The second-order valence-electron chi connectivity index (χ2n) is 6.46. The molecule has 1 amide bonds. The smallest absolute Gasteiger partial charge is 0.378 e. The molecule has 0 spiro atoms. The number of carbonyl (C=O) groups is 1. The Balaban J connectivity index is 1.45. The van der Waals surface area contributed by atoms with E-state index < -0.39 is 17.6 Å². The normalized spacial score (nSPS) is 14.8. The van der Waals surface area contributed by atoms with Crippen molar-refractivity contribution in [3.8, 4) is 0 Å². The van der Waals surface area contributed by atoms with Crippen LogP contribution < -0.4 is 10.2 Å². The average Bonchev–Trinajstić information content (AvgIpc) is 3.18. The van der Waals surface area contributed by atoms with E-state index in [9.17, 15) is 18.0 Å². The number of benzene rings is 1. The van der Waals surface area contributed by atoms with Crippen molar-refractivity contribution in [2.24, 2.45) is 0 Å². The standard InChI is InChI=1S/C18H15ClF3N5O2S2/c19-11-2-1-10(18(20,21)22)7-12(11)25-13(28)8-30-16-14-15(23-9-24-16)26-17(31-14)27-3-5-29-6-4-27/h1-2,7,9H,3-6,8H2,(H,25,28). The molecule has 0 atom stereocenters. The molecule has 164 valence electrons. The van der Waals surface area contributed by atoms with E-state index in [1.54, 1.807) is 0 Å². The fraction of sp³-hybridized carbons (Fsp3) is 0.333. The number of amides is 1. The Morgan fingerprint density at radius 2 is 2.06 bits per heavy atom. The zero-order chi connectivity index (χ0) is 22.0. The fourth-order valence-corrected chi connectivity index (χ4v) is 4.94. The molecule has 13 heteroatoms. The van der Waals surface area contributed by atoms with Crippen LogP contribution in [-0.4, -0.2) is 52.9 Å². The average molecular weight is 490 g/mol. The second kappa shape index (κ2) is 9.15. The van der Waals surface area contributed by atoms with E-state index in [0.717, 1.165) is 52.9 Å². The first-order valence-corrected chi connectivity index (χ1v) is 11.2. The molecule has 31 heavy (non-hydrogen) atoms. The predicted molar refractivity (Wildman–Crippen MR) is 114 cm³/mol. The van der Waals surface area contributed by atoms with Gasteiger partial charge in [0.15, 0.2) is 10.8 Å². The first kappa shape index (κ1) is 22.1. The molecule has 2 aromatic heterocycles. The molecule has 1 N–H and O–H groups in total. The molecule has 0 bridgehead atoms. The van der Waals surface area contributed by atoms with Gasteiger partial charge in [-0.05, 0) is 18.2 Å². The summed E-state index contributed by atoms with van der Waals surface area (Å²) in [6.45, 7) is 2.72. The van der Waals surface area contributed by atoms with Crippen LogP contribution in [0.2, 0.25) is 5.02 Å². The highest BCUT2D eigenvalue weighted by Gasteiger charge is 2.31. The van der Waals surface area contributed by atoms with Crippen molar-refractivity contribution in [2.45, 2.75) is 11.2 Å². The van der Waals surface area contributed by atoms with Crippen molar-refractivity contribution < 1.29 is 22.7 Å². The summed E-state index contributed by atoms with van der Waals surface area (Å²) in [4.78, 5) is 27.4. The number of thioether (sulfide) groups is 1. The Bertz CT molecular complexity index is 1110. The highest BCUT2D eigenvalue weighted by atomic mass is 35.5. The summed E-state index contributed by atoms with van der Waals surface area (Å²) in [6.07, 6.45) is -3.16.